The summed E-state index contributed by atoms with van der Waals surface area (Å²) in [6.45, 7) is 6.86. The Morgan fingerprint density at radius 3 is 2.41 bits per heavy atom. The third kappa shape index (κ3) is 3.62. The second kappa shape index (κ2) is 8.11. The Kier molecular flexibility index (Phi) is 5.13. The molecule has 5 heterocycles. The summed E-state index contributed by atoms with van der Waals surface area (Å²) >= 11 is 0. The number of amides is 1. The summed E-state index contributed by atoms with van der Waals surface area (Å²) in [6.07, 6.45) is 10.7. The van der Waals surface area contributed by atoms with Crippen molar-refractivity contribution in [2.45, 2.75) is 20.3 Å². The molecule has 0 aliphatic carbocycles. The number of hydrogen-bond acceptors (Lipinski definition) is 5. The van der Waals surface area contributed by atoms with Crippen molar-refractivity contribution in [1.29, 1.82) is 0 Å². The molecule has 0 N–H and O–H groups in total. The first-order chi connectivity index (χ1) is 15.5. The van der Waals surface area contributed by atoms with Crippen LogP contribution in [0.1, 0.15) is 19.4 Å². The van der Waals surface area contributed by atoms with Crippen molar-refractivity contribution in [3.63, 3.8) is 0 Å². The summed E-state index contributed by atoms with van der Waals surface area (Å²) in [5, 5.41) is 8.93. The minimum Gasteiger partial charge on any atom is -0.353 e. The Hall–Kier alpha value is -3.68. The molecule has 164 valence electrons. The molecule has 1 aliphatic heterocycles. The van der Waals surface area contributed by atoms with Crippen LogP contribution in [0, 0.1) is 0 Å². The van der Waals surface area contributed by atoms with Gasteiger partial charge in [-0.3, -0.25) is 9.48 Å². The molecule has 0 aromatic carbocycles. The highest BCUT2D eigenvalue weighted by atomic mass is 16.2. The molecule has 4 aromatic rings. The van der Waals surface area contributed by atoms with E-state index in [0.717, 1.165) is 66.2 Å². The number of aromatic nitrogens is 5. The largest absolute Gasteiger partial charge is 0.353 e. The van der Waals surface area contributed by atoms with Gasteiger partial charge in [-0.2, -0.15) is 10.2 Å². The topological polar surface area (TPSA) is 71.6 Å². The molecule has 1 amide bonds. The monoisotopic (exact) mass is 429 g/mol. The molecule has 0 unspecified atom stereocenters. The number of rotatable bonds is 4. The van der Waals surface area contributed by atoms with Crippen molar-refractivity contribution >= 4 is 17.2 Å². The van der Waals surface area contributed by atoms with E-state index in [1.54, 1.807) is 6.92 Å². The van der Waals surface area contributed by atoms with Gasteiger partial charge < -0.3 is 9.80 Å². The van der Waals surface area contributed by atoms with Crippen LogP contribution in [-0.4, -0.2) is 61.4 Å². The van der Waals surface area contributed by atoms with Gasteiger partial charge in [0.25, 0.3) is 0 Å². The van der Waals surface area contributed by atoms with Crippen LogP contribution in [0.15, 0.2) is 49.2 Å². The molecule has 0 radical (unpaired) electrons. The van der Waals surface area contributed by atoms with Gasteiger partial charge in [0, 0.05) is 81.0 Å². The average Bonchev–Trinajstić information content (AvgIpc) is 3.44. The van der Waals surface area contributed by atoms with Crippen LogP contribution in [0.4, 0.5) is 5.82 Å². The molecule has 1 aliphatic rings. The fraction of sp³-hybridized carbons (Fsp3) is 0.333. The highest BCUT2D eigenvalue weighted by Crippen LogP contribution is 2.32. The lowest BCUT2D eigenvalue weighted by Crippen LogP contribution is -2.48. The van der Waals surface area contributed by atoms with E-state index in [1.807, 2.05) is 45.9 Å². The summed E-state index contributed by atoms with van der Waals surface area (Å²) in [5.41, 5.74) is 6.61. The molecule has 32 heavy (non-hydrogen) atoms. The first-order valence-corrected chi connectivity index (χ1v) is 11.0. The molecule has 4 aromatic heterocycles. The average molecular weight is 430 g/mol. The van der Waals surface area contributed by atoms with E-state index < -0.39 is 0 Å². The summed E-state index contributed by atoms with van der Waals surface area (Å²) in [4.78, 5) is 20.5. The predicted molar refractivity (Wildman–Crippen MR) is 124 cm³/mol. The van der Waals surface area contributed by atoms with Crippen LogP contribution in [0.5, 0.6) is 0 Å². The number of carbonyl (C=O) groups is 1. The number of piperazine rings is 1. The number of anilines is 1. The second-order valence-electron chi connectivity index (χ2n) is 8.26. The SMILES string of the molecule is CCc1cnn2cc(-c3cnn(C)c3)cc(-c3ccc(N4CCN(C(C)=O)CC4)nc3)c12. The molecule has 8 nitrogen and oxygen atoms in total. The van der Waals surface area contributed by atoms with Crippen molar-refractivity contribution in [2.75, 3.05) is 31.1 Å². The minimum absolute atomic E-state index is 0.137. The quantitative estimate of drug-likeness (QED) is 0.499. The van der Waals surface area contributed by atoms with E-state index in [9.17, 15) is 4.79 Å². The van der Waals surface area contributed by atoms with Crippen LogP contribution in [0.2, 0.25) is 0 Å². The first kappa shape index (κ1) is 20.2. The van der Waals surface area contributed by atoms with Crippen LogP contribution in [0.25, 0.3) is 27.8 Å². The number of nitrogens with zero attached hydrogens (tertiary/aromatic N) is 7. The Labute approximate surface area is 187 Å². The van der Waals surface area contributed by atoms with E-state index in [-0.39, 0.29) is 5.91 Å². The molecule has 1 fully saturated rings. The Morgan fingerprint density at radius 2 is 1.78 bits per heavy atom. The third-order valence-corrected chi connectivity index (χ3v) is 6.21. The minimum atomic E-state index is 0.137. The number of fused-ring (bicyclic) bond motifs is 1. The van der Waals surface area contributed by atoms with Gasteiger partial charge in [0.2, 0.25) is 5.91 Å². The molecule has 0 saturated carbocycles. The standard InChI is InChI=1S/C24H27N7O/c1-4-18-13-27-31-16-20(21-14-26-28(3)15-21)11-22(24(18)31)19-5-6-23(25-12-19)30-9-7-29(8-10-30)17(2)32/h5-6,11-16H,4,7-10H2,1-3H3. The van der Waals surface area contributed by atoms with Crippen molar-refractivity contribution in [3.05, 3.63) is 54.7 Å². The Balaban J connectivity index is 1.51. The molecule has 0 atom stereocenters. The van der Waals surface area contributed by atoms with Gasteiger partial charge in [-0.15, -0.1) is 0 Å². The zero-order valence-corrected chi connectivity index (χ0v) is 18.7. The first-order valence-electron chi connectivity index (χ1n) is 11.0. The summed E-state index contributed by atoms with van der Waals surface area (Å²) in [7, 11) is 1.92. The van der Waals surface area contributed by atoms with Gasteiger partial charge in [0.15, 0.2) is 0 Å². The van der Waals surface area contributed by atoms with Gasteiger partial charge in [-0.25, -0.2) is 9.50 Å². The molecule has 0 bridgehead atoms. The van der Waals surface area contributed by atoms with Crippen molar-refractivity contribution in [1.82, 2.24) is 29.3 Å². The van der Waals surface area contributed by atoms with E-state index >= 15 is 0 Å². The van der Waals surface area contributed by atoms with Crippen LogP contribution < -0.4 is 4.90 Å². The van der Waals surface area contributed by atoms with Crippen molar-refractivity contribution in [3.8, 4) is 22.3 Å². The zero-order chi connectivity index (χ0) is 22.2. The lowest BCUT2D eigenvalue weighted by molar-refractivity contribution is -0.129. The fourth-order valence-electron chi connectivity index (χ4n) is 4.37. The Bertz CT molecular complexity index is 1260. The maximum absolute atomic E-state index is 11.6. The summed E-state index contributed by atoms with van der Waals surface area (Å²) < 4.78 is 3.77. The molecule has 5 rings (SSSR count). The highest BCUT2D eigenvalue weighted by molar-refractivity contribution is 5.86. The van der Waals surface area contributed by atoms with E-state index in [1.165, 1.54) is 5.56 Å². The van der Waals surface area contributed by atoms with Gasteiger partial charge >= 0.3 is 0 Å². The molecule has 1 saturated heterocycles. The zero-order valence-electron chi connectivity index (χ0n) is 18.7. The van der Waals surface area contributed by atoms with Crippen LogP contribution >= 0.6 is 0 Å². The second-order valence-corrected chi connectivity index (χ2v) is 8.26. The van der Waals surface area contributed by atoms with Crippen LogP contribution in [-0.2, 0) is 18.3 Å². The van der Waals surface area contributed by atoms with Crippen molar-refractivity contribution < 1.29 is 4.79 Å². The third-order valence-electron chi connectivity index (χ3n) is 6.21. The smallest absolute Gasteiger partial charge is 0.219 e. The lowest BCUT2D eigenvalue weighted by atomic mass is 10.0. The molecule has 8 heteroatoms. The maximum atomic E-state index is 11.6. The number of carbonyl (C=O) groups excluding carboxylic acids is 1. The highest BCUT2D eigenvalue weighted by Gasteiger charge is 2.20. The van der Waals surface area contributed by atoms with E-state index in [0.29, 0.717) is 0 Å². The Morgan fingerprint density at radius 1 is 0.969 bits per heavy atom. The van der Waals surface area contributed by atoms with Gasteiger partial charge in [0.1, 0.15) is 5.82 Å². The van der Waals surface area contributed by atoms with Gasteiger partial charge in [-0.05, 0) is 30.2 Å². The van der Waals surface area contributed by atoms with Crippen LogP contribution in [0.3, 0.4) is 0 Å². The number of pyridine rings is 2. The summed E-state index contributed by atoms with van der Waals surface area (Å²) in [6, 6.07) is 6.41. The molecular weight excluding hydrogens is 402 g/mol. The van der Waals surface area contributed by atoms with Crippen molar-refractivity contribution in [2.24, 2.45) is 7.05 Å². The van der Waals surface area contributed by atoms with Gasteiger partial charge in [-0.1, -0.05) is 6.92 Å². The number of aryl methyl sites for hydroxylation is 2. The normalized spacial score (nSPS) is 14.3. The number of hydrogen-bond donors (Lipinski definition) is 0. The van der Waals surface area contributed by atoms with E-state index in [4.69, 9.17) is 4.98 Å². The molecular formula is C24H27N7O. The predicted octanol–water partition coefficient (Wildman–Crippen LogP) is 3.03. The summed E-state index contributed by atoms with van der Waals surface area (Å²) in [5.74, 6) is 1.08. The lowest BCUT2D eigenvalue weighted by Gasteiger charge is -2.34. The van der Waals surface area contributed by atoms with E-state index in [2.05, 4.69) is 46.4 Å². The van der Waals surface area contributed by atoms with Gasteiger partial charge in [0.05, 0.1) is 17.9 Å². The fourth-order valence-corrected chi connectivity index (χ4v) is 4.37. The maximum Gasteiger partial charge on any atom is 0.219 e. The molecule has 0 spiro atoms.